The predicted octanol–water partition coefficient (Wildman–Crippen LogP) is 2.13. The van der Waals surface area contributed by atoms with Crippen molar-refractivity contribution in [1.82, 2.24) is 9.97 Å². The fourth-order valence-electron chi connectivity index (χ4n) is 2.24. The number of fused-ring (bicyclic) bond motifs is 1. The Morgan fingerprint density at radius 1 is 1.40 bits per heavy atom. The number of hydrogen-bond donors (Lipinski definition) is 2. The molecule has 0 spiro atoms. The summed E-state index contributed by atoms with van der Waals surface area (Å²) in [5, 5.41) is 8.80. The second-order valence-electron chi connectivity index (χ2n) is 4.61. The van der Waals surface area contributed by atoms with Crippen molar-refractivity contribution in [2.24, 2.45) is 0 Å². The van der Waals surface area contributed by atoms with Crippen molar-refractivity contribution in [2.75, 3.05) is 6.79 Å². The van der Waals surface area contributed by atoms with Gasteiger partial charge in [0.25, 0.3) is 0 Å². The number of hydrogen-bond acceptors (Lipinski definition) is 4. The fraction of sp³-hybridized carbons (Fsp3) is 0.286. The molecule has 2 N–H and O–H groups in total. The van der Waals surface area contributed by atoms with E-state index in [0.29, 0.717) is 17.9 Å². The number of nitrogens with zero attached hydrogens (tertiary/aromatic N) is 1. The first-order valence-corrected chi connectivity index (χ1v) is 6.31. The van der Waals surface area contributed by atoms with Crippen LogP contribution in [0.2, 0.25) is 0 Å². The van der Waals surface area contributed by atoms with Crippen molar-refractivity contribution in [1.29, 1.82) is 0 Å². The molecule has 1 aromatic carbocycles. The summed E-state index contributed by atoms with van der Waals surface area (Å²) in [5.41, 5.74) is 2.48. The van der Waals surface area contributed by atoms with Gasteiger partial charge in [-0.1, -0.05) is 0 Å². The molecule has 3 rings (SSSR count). The van der Waals surface area contributed by atoms with E-state index in [0.717, 1.165) is 22.8 Å². The highest BCUT2D eigenvalue weighted by molar-refractivity contribution is 5.69. The molecule has 0 saturated heterocycles. The van der Waals surface area contributed by atoms with E-state index in [9.17, 15) is 4.79 Å². The third kappa shape index (κ3) is 2.32. The van der Waals surface area contributed by atoms with Crippen LogP contribution in [0.15, 0.2) is 18.2 Å². The molecule has 2 heterocycles. The van der Waals surface area contributed by atoms with Crippen LogP contribution >= 0.6 is 0 Å². The Morgan fingerprint density at radius 3 is 3.00 bits per heavy atom. The zero-order chi connectivity index (χ0) is 14.1. The van der Waals surface area contributed by atoms with Crippen LogP contribution in [0, 0.1) is 6.92 Å². The number of aryl methyl sites for hydroxylation is 2. The van der Waals surface area contributed by atoms with Gasteiger partial charge in [0, 0.05) is 17.7 Å². The van der Waals surface area contributed by atoms with Crippen LogP contribution in [0.5, 0.6) is 11.5 Å². The summed E-state index contributed by atoms with van der Waals surface area (Å²) in [6.07, 6.45) is 0.485. The van der Waals surface area contributed by atoms with Gasteiger partial charge >= 0.3 is 5.97 Å². The monoisotopic (exact) mass is 274 g/mol. The average molecular weight is 274 g/mol. The Labute approximate surface area is 115 Å². The summed E-state index contributed by atoms with van der Waals surface area (Å²) in [6.45, 7) is 2.07. The molecule has 0 aliphatic carbocycles. The highest BCUT2D eigenvalue weighted by Gasteiger charge is 2.17. The number of aromatic nitrogens is 2. The lowest BCUT2D eigenvalue weighted by Crippen LogP contribution is -1.99. The number of aliphatic carboxylic acids is 1. The molecule has 0 saturated carbocycles. The molecule has 0 fully saturated rings. The van der Waals surface area contributed by atoms with E-state index in [4.69, 9.17) is 14.6 Å². The molecule has 0 bridgehead atoms. The van der Waals surface area contributed by atoms with Gasteiger partial charge in [-0.3, -0.25) is 4.79 Å². The van der Waals surface area contributed by atoms with Gasteiger partial charge in [0.15, 0.2) is 11.5 Å². The number of ether oxygens (including phenoxy) is 2. The first kappa shape index (κ1) is 12.5. The number of carboxylic acids is 1. The molecule has 1 aliphatic heterocycles. The van der Waals surface area contributed by atoms with Crippen molar-refractivity contribution in [2.45, 2.75) is 19.8 Å². The highest BCUT2D eigenvalue weighted by atomic mass is 16.7. The molecule has 104 valence electrons. The second kappa shape index (κ2) is 4.88. The minimum absolute atomic E-state index is 0.0686. The standard InChI is InChI=1S/C14H14N2O4/c1-8-15-10(3-5-13(17)18)14(16-8)9-2-4-11-12(6-9)20-7-19-11/h2,4,6H,3,5,7H2,1H3,(H,15,16)(H,17,18). The number of H-pyrrole nitrogens is 1. The van der Waals surface area contributed by atoms with Gasteiger partial charge in [0.1, 0.15) is 5.82 Å². The number of aromatic amines is 1. The smallest absolute Gasteiger partial charge is 0.303 e. The summed E-state index contributed by atoms with van der Waals surface area (Å²) in [4.78, 5) is 18.3. The Hall–Kier alpha value is -2.50. The molecular weight excluding hydrogens is 260 g/mol. The summed E-state index contributed by atoms with van der Waals surface area (Å²) >= 11 is 0. The van der Waals surface area contributed by atoms with E-state index in [1.165, 1.54) is 0 Å². The largest absolute Gasteiger partial charge is 0.481 e. The molecule has 6 nitrogen and oxygen atoms in total. The first-order chi connectivity index (χ1) is 9.63. The maximum absolute atomic E-state index is 10.7. The van der Waals surface area contributed by atoms with Gasteiger partial charge in [0.2, 0.25) is 6.79 Å². The lowest BCUT2D eigenvalue weighted by Gasteiger charge is -2.03. The first-order valence-electron chi connectivity index (χ1n) is 6.31. The summed E-state index contributed by atoms with van der Waals surface area (Å²) in [7, 11) is 0. The van der Waals surface area contributed by atoms with E-state index in [-0.39, 0.29) is 13.2 Å². The van der Waals surface area contributed by atoms with Crippen molar-refractivity contribution >= 4 is 5.97 Å². The van der Waals surface area contributed by atoms with E-state index in [1.54, 1.807) is 0 Å². The number of rotatable bonds is 4. The van der Waals surface area contributed by atoms with E-state index in [2.05, 4.69) is 9.97 Å². The molecular formula is C14H14N2O4. The maximum atomic E-state index is 10.7. The third-order valence-electron chi connectivity index (χ3n) is 3.13. The molecule has 1 aliphatic rings. The van der Waals surface area contributed by atoms with Crippen molar-refractivity contribution in [3.8, 4) is 22.8 Å². The number of nitrogens with one attached hydrogen (secondary N) is 1. The van der Waals surface area contributed by atoms with E-state index >= 15 is 0 Å². The third-order valence-corrected chi connectivity index (χ3v) is 3.13. The number of carboxylic acid groups (broad SMARTS) is 1. The van der Waals surface area contributed by atoms with Gasteiger partial charge in [0.05, 0.1) is 12.1 Å². The quantitative estimate of drug-likeness (QED) is 0.892. The van der Waals surface area contributed by atoms with Gasteiger partial charge in [-0.15, -0.1) is 0 Å². The molecule has 20 heavy (non-hydrogen) atoms. The van der Waals surface area contributed by atoms with Crippen molar-refractivity contribution in [3.63, 3.8) is 0 Å². The fourth-order valence-corrected chi connectivity index (χ4v) is 2.24. The Kier molecular flexibility index (Phi) is 3.06. The summed E-state index contributed by atoms with van der Waals surface area (Å²) in [5.74, 6) is 1.34. The molecule has 0 unspecified atom stereocenters. The van der Waals surface area contributed by atoms with Crippen molar-refractivity contribution < 1.29 is 19.4 Å². The van der Waals surface area contributed by atoms with Gasteiger partial charge < -0.3 is 19.6 Å². The van der Waals surface area contributed by atoms with Crippen LogP contribution in [-0.4, -0.2) is 27.8 Å². The molecule has 6 heteroatoms. The van der Waals surface area contributed by atoms with Crippen LogP contribution in [0.4, 0.5) is 0 Å². The van der Waals surface area contributed by atoms with Gasteiger partial charge in [-0.25, -0.2) is 4.98 Å². The second-order valence-corrected chi connectivity index (χ2v) is 4.61. The lowest BCUT2D eigenvalue weighted by molar-refractivity contribution is -0.136. The lowest BCUT2D eigenvalue weighted by atomic mass is 10.1. The molecule has 2 aromatic rings. The van der Waals surface area contributed by atoms with Crippen LogP contribution < -0.4 is 9.47 Å². The van der Waals surface area contributed by atoms with Gasteiger partial charge in [-0.2, -0.15) is 0 Å². The Balaban J connectivity index is 1.95. The van der Waals surface area contributed by atoms with Crippen LogP contribution in [0.3, 0.4) is 0 Å². The normalized spacial score (nSPS) is 12.7. The van der Waals surface area contributed by atoms with Crippen LogP contribution in [0.25, 0.3) is 11.3 Å². The molecule has 0 atom stereocenters. The predicted molar refractivity (Wildman–Crippen MR) is 70.8 cm³/mol. The maximum Gasteiger partial charge on any atom is 0.303 e. The Bertz CT molecular complexity index is 663. The zero-order valence-corrected chi connectivity index (χ0v) is 11.0. The topological polar surface area (TPSA) is 84.4 Å². The molecule has 0 amide bonds. The van der Waals surface area contributed by atoms with E-state index < -0.39 is 5.97 Å². The highest BCUT2D eigenvalue weighted by Crippen LogP contribution is 2.36. The molecule has 1 aromatic heterocycles. The van der Waals surface area contributed by atoms with Gasteiger partial charge in [-0.05, 0) is 25.1 Å². The van der Waals surface area contributed by atoms with Crippen LogP contribution in [-0.2, 0) is 11.2 Å². The van der Waals surface area contributed by atoms with Crippen molar-refractivity contribution in [3.05, 3.63) is 29.7 Å². The van der Waals surface area contributed by atoms with Crippen LogP contribution in [0.1, 0.15) is 17.9 Å². The SMILES string of the molecule is Cc1nc(-c2ccc3c(c2)OCO3)c(CCC(=O)O)[nH]1. The Morgan fingerprint density at radius 2 is 2.20 bits per heavy atom. The summed E-state index contributed by atoms with van der Waals surface area (Å²) < 4.78 is 10.6. The minimum atomic E-state index is -0.825. The summed E-state index contributed by atoms with van der Waals surface area (Å²) in [6, 6.07) is 5.60. The molecule has 0 radical (unpaired) electrons. The zero-order valence-electron chi connectivity index (χ0n) is 11.0. The van der Waals surface area contributed by atoms with E-state index in [1.807, 2.05) is 25.1 Å². The number of carbonyl (C=O) groups is 1. The minimum Gasteiger partial charge on any atom is -0.481 e. The average Bonchev–Trinajstić information content (AvgIpc) is 3.01. The number of imidazole rings is 1. The number of benzene rings is 1.